The van der Waals surface area contributed by atoms with Crippen LogP contribution < -0.4 is 0 Å². The van der Waals surface area contributed by atoms with E-state index in [1.54, 1.807) is 0 Å². The molecule has 2 fully saturated rings. The van der Waals surface area contributed by atoms with Crippen molar-refractivity contribution in [1.29, 1.82) is 0 Å². The van der Waals surface area contributed by atoms with Gasteiger partial charge >= 0.3 is 0 Å². The largest absolute Gasteiger partial charge is 0.353 e. The van der Waals surface area contributed by atoms with Gasteiger partial charge in [0.2, 0.25) is 0 Å². The van der Waals surface area contributed by atoms with E-state index in [4.69, 9.17) is 9.47 Å². The SMILES string of the molecule is c1ccc(C2(OC3CCCCO3)CCCCC2)cc1. The van der Waals surface area contributed by atoms with Crippen molar-refractivity contribution in [1.82, 2.24) is 0 Å². The first-order valence-corrected chi connectivity index (χ1v) is 7.74. The van der Waals surface area contributed by atoms with Crippen LogP contribution in [0.1, 0.15) is 56.9 Å². The maximum absolute atomic E-state index is 6.48. The molecular formula is C17H24O2. The van der Waals surface area contributed by atoms with Gasteiger partial charge in [0.15, 0.2) is 6.29 Å². The van der Waals surface area contributed by atoms with Crippen molar-refractivity contribution < 1.29 is 9.47 Å². The zero-order valence-electron chi connectivity index (χ0n) is 11.6. The number of hydrogen-bond donors (Lipinski definition) is 0. The Bertz CT molecular complexity index is 376. The summed E-state index contributed by atoms with van der Waals surface area (Å²) < 4.78 is 12.3. The van der Waals surface area contributed by atoms with Gasteiger partial charge in [0.1, 0.15) is 0 Å². The number of ether oxygens (including phenoxy) is 2. The summed E-state index contributed by atoms with van der Waals surface area (Å²) in [5.74, 6) is 0. The Morgan fingerprint density at radius 3 is 2.42 bits per heavy atom. The highest BCUT2D eigenvalue weighted by Crippen LogP contribution is 2.42. The maximum atomic E-state index is 6.48. The molecule has 1 aromatic rings. The quantitative estimate of drug-likeness (QED) is 0.802. The Hall–Kier alpha value is -0.860. The topological polar surface area (TPSA) is 18.5 Å². The predicted octanol–water partition coefficient (Wildman–Crippen LogP) is 4.39. The minimum absolute atomic E-state index is 0.00653. The van der Waals surface area contributed by atoms with Crippen LogP contribution in [0.15, 0.2) is 30.3 Å². The molecule has 1 heterocycles. The van der Waals surface area contributed by atoms with Gasteiger partial charge in [-0.05, 0) is 37.7 Å². The summed E-state index contributed by atoms with van der Waals surface area (Å²) in [6.07, 6.45) is 9.61. The molecule has 19 heavy (non-hydrogen) atoms. The van der Waals surface area contributed by atoms with Crippen molar-refractivity contribution in [2.45, 2.75) is 63.3 Å². The first kappa shape index (κ1) is 13.1. The van der Waals surface area contributed by atoms with Gasteiger partial charge in [0.05, 0.1) is 5.60 Å². The summed E-state index contributed by atoms with van der Waals surface area (Å²) in [7, 11) is 0. The van der Waals surface area contributed by atoms with E-state index in [0.29, 0.717) is 0 Å². The lowest BCUT2D eigenvalue weighted by molar-refractivity contribution is -0.238. The molecule has 1 saturated carbocycles. The van der Waals surface area contributed by atoms with Gasteiger partial charge in [-0.2, -0.15) is 0 Å². The van der Waals surface area contributed by atoms with Crippen LogP contribution in [0.25, 0.3) is 0 Å². The zero-order chi connectivity index (χ0) is 13.0. The van der Waals surface area contributed by atoms with E-state index in [-0.39, 0.29) is 11.9 Å². The minimum atomic E-state index is -0.0957. The Labute approximate surface area is 116 Å². The van der Waals surface area contributed by atoms with Gasteiger partial charge in [-0.3, -0.25) is 0 Å². The average Bonchev–Trinajstić information content (AvgIpc) is 2.50. The molecule has 2 heteroatoms. The van der Waals surface area contributed by atoms with Crippen molar-refractivity contribution >= 4 is 0 Å². The second-order valence-corrected chi connectivity index (χ2v) is 5.83. The van der Waals surface area contributed by atoms with Gasteiger partial charge in [-0.15, -0.1) is 0 Å². The monoisotopic (exact) mass is 260 g/mol. The number of hydrogen-bond acceptors (Lipinski definition) is 2. The summed E-state index contributed by atoms with van der Waals surface area (Å²) >= 11 is 0. The highest BCUT2D eigenvalue weighted by molar-refractivity contribution is 5.23. The van der Waals surface area contributed by atoms with Gasteiger partial charge < -0.3 is 9.47 Å². The van der Waals surface area contributed by atoms with Crippen LogP contribution in [-0.2, 0) is 15.1 Å². The van der Waals surface area contributed by atoms with E-state index in [1.165, 1.54) is 37.7 Å². The minimum Gasteiger partial charge on any atom is -0.353 e. The molecule has 1 aromatic carbocycles. The first-order valence-electron chi connectivity index (χ1n) is 7.74. The fraction of sp³-hybridized carbons (Fsp3) is 0.647. The second-order valence-electron chi connectivity index (χ2n) is 5.83. The van der Waals surface area contributed by atoms with Crippen molar-refractivity contribution in [2.75, 3.05) is 6.61 Å². The van der Waals surface area contributed by atoms with Gasteiger partial charge in [0.25, 0.3) is 0 Å². The normalized spacial score (nSPS) is 27.1. The van der Waals surface area contributed by atoms with Gasteiger partial charge in [-0.25, -0.2) is 0 Å². The number of rotatable bonds is 3. The Balaban J connectivity index is 1.79. The lowest BCUT2D eigenvalue weighted by atomic mass is 9.79. The van der Waals surface area contributed by atoms with Gasteiger partial charge in [0, 0.05) is 6.61 Å². The predicted molar refractivity (Wildman–Crippen MR) is 75.9 cm³/mol. The Morgan fingerprint density at radius 2 is 1.74 bits per heavy atom. The van der Waals surface area contributed by atoms with E-state index in [9.17, 15) is 0 Å². The van der Waals surface area contributed by atoms with Crippen molar-refractivity contribution in [3.8, 4) is 0 Å². The molecule has 2 aliphatic rings. The summed E-state index contributed by atoms with van der Waals surface area (Å²) in [5.41, 5.74) is 1.24. The van der Waals surface area contributed by atoms with E-state index >= 15 is 0 Å². The second kappa shape index (κ2) is 6.06. The van der Waals surface area contributed by atoms with Crippen LogP contribution >= 0.6 is 0 Å². The van der Waals surface area contributed by atoms with Gasteiger partial charge in [-0.1, -0.05) is 49.6 Å². The van der Waals surface area contributed by atoms with Crippen molar-refractivity contribution in [3.05, 3.63) is 35.9 Å². The fourth-order valence-corrected chi connectivity index (χ4v) is 3.40. The Morgan fingerprint density at radius 1 is 0.947 bits per heavy atom. The summed E-state index contributed by atoms with van der Waals surface area (Å²) in [5, 5.41) is 0. The lowest BCUT2D eigenvalue weighted by Gasteiger charge is -2.41. The smallest absolute Gasteiger partial charge is 0.158 e. The van der Waals surface area contributed by atoms with Crippen molar-refractivity contribution in [2.24, 2.45) is 0 Å². The van der Waals surface area contributed by atoms with E-state index in [2.05, 4.69) is 30.3 Å². The molecule has 0 amide bonds. The van der Waals surface area contributed by atoms with Crippen LogP contribution in [0.3, 0.4) is 0 Å². The zero-order valence-corrected chi connectivity index (χ0v) is 11.6. The van der Waals surface area contributed by atoms with Crippen molar-refractivity contribution in [3.63, 3.8) is 0 Å². The Kier molecular flexibility index (Phi) is 4.19. The standard InChI is InChI=1S/C17H24O2/c1-3-9-15(10-4-1)17(12-6-2-7-13-17)19-16-11-5-8-14-18-16/h1,3-4,9-10,16H,2,5-8,11-14H2. The van der Waals surface area contributed by atoms with Crippen LogP contribution in [0, 0.1) is 0 Å². The molecule has 1 aliphatic carbocycles. The first-order chi connectivity index (χ1) is 9.39. The molecule has 1 saturated heterocycles. The molecular weight excluding hydrogens is 236 g/mol. The molecule has 0 spiro atoms. The highest BCUT2D eigenvalue weighted by Gasteiger charge is 2.37. The van der Waals surface area contributed by atoms with E-state index < -0.39 is 0 Å². The third-order valence-corrected chi connectivity index (χ3v) is 4.46. The third kappa shape index (κ3) is 3.01. The summed E-state index contributed by atoms with van der Waals surface area (Å²) in [6, 6.07) is 10.8. The molecule has 1 atom stereocenters. The molecule has 104 valence electrons. The van der Waals surface area contributed by atoms with Crippen LogP contribution in [-0.4, -0.2) is 12.9 Å². The summed E-state index contributed by atoms with van der Waals surface area (Å²) in [6.45, 7) is 0.857. The molecule has 0 bridgehead atoms. The van der Waals surface area contributed by atoms with Crippen LogP contribution in [0.4, 0.5) is 0 Å². The van der Waals surface area contributed by atoms with Crippen LogP contribution in [0.5, 0.6) is 0 Å². The molecule has 0 N–H and O–H groups in total. The highest BCUT2D eigenvalue weighted by atomic mass is 16.7. The fourth-order valence-electron chi connectivity index (χ4n) is 3.40. The van der Waals surface area contributed by atoms with E-state index in [0.717, 1.165) is 25.9 Å². The van der Waals surface area contributed by atoms with E-state index in [1.807, 2.05) is 0 Å². The number of benzene rings is 1. The molecule has 1 aliphatic heterocycles. The molecule has 3 rings (SSSR count). The van der Waals surface area contributed by atoms with Crippen LogP contribution in [0.2, 0.25) is 0 Å². The molecule has 0 aromatic heterocycles. The maximum Gasteiger partial charge on any atom is 0.158 e. The lowest BCUT2D eigenvalue weighted by Crippen LogP contribution is -2.38. The summed E-state index contributed by atoms with van der Waals surface area (Å²) in [4.78, 5) is 0. The molecule has 2 nitrogen and oxygen atoms in total. The molecule has 1 unspecified atom stereocenters. The molecule has 0 radical (unpaired) electrons. The third-order valence-electron chi connectivity index (χ3n) is 4.46. The average molecular weight is 260 g/mol.